The van der Waals surface area contributed by atoms with Crippen molar-refractivity contribution in [1.29, 1.82) is 0 Å². The topological polar surface area (TPSA) is 78.6 Å². The largest absolute Gasteiger partial charge is 0.506 e. The molecule has 1 amide bonds. The Kier molecular flexibility index (Phi) is 5.83. The minimum atomic E-state index is -0.0646. The van der Waals surface area contributed by atoms with Gasteiger partial charge in [0.2, 0.25) is 11.8 Å². The maximum Gasteiger partial charge on any atom is 0.227 e. The van der Waals surface area contributed by atoms with Gasteiger partial charge in [-0.3, -0.25) is 9.69 Å². The number of hydrogen-bond acceptors (Lipinski definition) is 5. The third kappa shape index (κ3) is 4.78. The fraction of sp³-hybridized carbons (Fsp3) is 0.273. The van der Waals surface area contributed by atoms with E-state index in [0.717, 1.165) is 37.2 Å². The van der Waals surface area contributed by atoms with E-state index < -0.39 is 0 Å². The molecule has 0 bridgehead atoms. The van der Waals surface area contributed by atoms with E-state index in [1.54, 1.807) is 30.5 Å². The Morgan fingerprint density at radius 3 is 2.76 bits per heavy atom. The molecular formula is C22H22ClN3O3. The molecule has 0 radical (unpaired) electrons. The van der Waals surface area contributed by atoms with Gasteiger partial charge in [0, 0.05) is 23.0 Å². The van der Waals surface area contributed by atoms with Crippen LogP contribution in [0.25, 0.3) is 11.5 Å². The van der Waals surface area contributed by atoms with Crippen LogP contribution in [0.2, 0.25) is 5.02 Å². The number of halogens is 1. The number of nitrogens with zero attached hydrogens (tertiary/aromatic N) is 2. The van der Waals surface area contributed by atoms with Crippen LogP contribution < -0.4 is 5.32 Å². The van der Waals surface area contributed by atoms with Crippen molar-refractivity contribution in [3.63, 3.8) is 0 Å². The molecule has 1 fully saturated rings. The number of aromatic hydroxyl groups is 1. The quantitative estimate of drug-likeness (QED) is 0.602. The zero-order valence-corrected chi connectivity index (χ0v) is 16.6. The highest BCUT2D eigenvalue weighted by Crippen LogP contribution is 2.26. The third-order valence-electron chi connectivity index (χ3n) is 5.13. The van der Waals surface area contributed by atoms with Gasteiger partial charge in [0.25, 0.3) is 0 Å². The number of oxazole rings is 1. The molecule has 1 aliphatic heterocycles. The third-order valence-corrected chi connectivity index (χ3v) is 5.36. The highest BCUT2D eigenvalue weighted by atomic mass is 35.5. The van der Waals surface area contributed by atoms with Gasteiger partial charge >= 0.3 is 0 Å². The first-order chi connectivity index (χ1) is 14.1. The summed E-state index contributed by atoms with van der Waals surface area (Å²) in [5.74, 6) is 0.528. The number of benzene rings is 2. The molecule has 0 aliphatic carbocycles. The van der Waals surface area contributed by atoms with Gasteiger partial charge in [0.05, 0.1) is 11.4 Å². The lowest BCUT2D eigenvalue weighted by atomic mass is 9.95. The minimum Gasteiger partial charge on any atom is -0.506 e. The maximum absolute atomic E-state index is 12.5. The molecule has 0 unspecified atom stereocenters. The van der Waals surface area contributed by atoms with Crippen LogP contribution in [0.3, 0.4) is 0 Å². The van der Waals surface area contributed by atoms with Crippen LogP contribution in [0.15, 0.2) is 59.2 Å². The molecule has 2 N–H and O–H groups in total. The lowest BCUT2D eigenvalue weighted by molar-refractivity contribution is -0.121. The minimum absolute atomic E-state index is 0.0455. The smallest absolute Gasteiger partial charge is 0.227 e. The molecular weight excluding hydrogens is 390 g/mol. The summed E-state index contributed by atoms with van der Waals surface area (Å²) in [6.45, 7) is 2.29. The van der Waals surface area contributed by atoms with E-state index in [1.165, 1.54) is 0 Å². The first-order valence-electron chi connectivity index (χ1n) is 9.60. The fourth-order valence-corrected chi connectivity index (χ4v) is 3.72. The van der Waals surface area contributed by atoms with Crippen molar-refractivity contribution in [2.45, 2.75) is 19.4 Å². The number of likely N-dealkylation sites (tertiary alicyclic amines) is 1. The van der Waals surface area contributed by atoms with Crippen molar-refractivity contribution in [1.82, 2.24) is 9.88 Å². The molecule has 7 heteroatoms. The van der Waals surface area contributed by atoms with Crippen LogP contribution >= 0.6 is 11.6 Å². The summed E-state index contributed by atoms with van der Waals surface area (Å²) in [6, 6.07) is 14.2. The Labute approximate surface area is 174 Å². The predicted molar refractivity (Wildman–Crippen MR) is 112 cm³/mol. The van der Waals surface area contributed by atoms with Gasteiger partial charge in [-0.05, 0) is 56.3 Å². The molecule has 2 heterocycles. The number of aromatic nitrogens is 1. The van der Waals surface area contributed by atoms with E-state index in [4.69, 9.17) is 16.0 Å². The molecule has 29 heavy (non-hydrogen) atoms. The summed E-state index contributed by atoms with van der Waals surface area (Å²) >= 11 is 6.03. The van der Waals surface area contributed by atoms with Gasteiger partial charge < -0.3 is 14.8 Å². The number of phenolic OH excluding ortho intramolecular Hbond substituents is 1. The molecule has 4 rings (SSSR count). The first kappa shape index (κ1) is 19.5. The van der Waals surface area contributed by atoms with Crippen LogP contribution in [0, 0.1) is 5.92 Å². The van der Waals surface area contributed by atoms with Gasteiger partial charge in [0.1, 0.15) is 12.0 Å². The number of amides is 1. The summed E-state index contributed by atoms with van der Waals surface area (Å²) in [4.78, 5) is 19.3. The highest BCUT2D eigenvalue weighted by molar-refractivity contribution is 6.30. The van der Waals surface area contributed by atoms with E-state index in [1.807, 2.05) is 24.3 Å². The van der Waals surface area contributed by atoms with E-state index in [9.17, 15) is 9.90 Å². The summed E-state index contributed by atoms with van der Waals surface area (Å²) < 4.78 is 5.60. The van der Waals surface area contributed by atoms with Crippen LogP contribution in [0.4, 0.5) is 5.69 Å². The van der Waals surface area contributed by atoms with Gasteiger partial charge in [-0.15, -0.1) is 0 Å². The van der Waals surface area contributed by atoms with Gasteiger partial charge in [-0.2, -0.15) is 0 Å². The number of hydrogen-bond donors (Lipinski definition) is 2. The van der Waals surface area contributed by atoms with E-state index in [2.05, 4.69) is 15.2 Å². The number of phenols is 1. The monoisotopic (exact) mass is 411 g/mol. The Balaban J connectivity index is 1.30. The molecule has 150 valence electrons. The second-order valence-corrected chi connectivity index (χ2v) is 7.65. The molecule has 0 atom stereocenters. The number of rotatable bonds is 5. The summed E-state index contributed by atoms with van der Waals surface area (Å²) in [7, 11) is 0. The fourth-order valence-electron chi connectivity index (χ4n) is 3.53. The average molecular weight is 412 g/mol. The highest BCUT2D eigenvalue weighted by Gasteiger charge is 2.26. The van der Waals surface area contributed by atoms with Crippen LogP contribution in [-0.2, 0) is 11.3 Å². The van der Waals surface area contributed by atoms with Gasteiger partial charge in [0.15, 0.2) is 0 Å². The van der Waals surface area contributed by atoms with E-state index in [-0.39, 0.29) is 17.6 Å². The van der Waals surface area contributed by atoms with Crippen molar-refractivity contribution >= 4 is 23.2 Å². The number of para-hydroxylation sites is 2. The van der Waals surface area contributed by atoms with Crippen LogP contribution in [0.5, 0.6) is 5.75 Å². The molecule has 3 aromatic rings. The second kappa shape index (κ2) is 8.68. The number of nitrogens with one attached hydrogen (secondary N) is 1. The average Bonchev–Trinajstić information content (AvgIpc) is 3.19. The predicted octanol–water partition coefficient (Wildman–Crippen LogP) is 4.55. The number of carbonyl (C=O) groups excluding carboxylic acids is 1. The molecule has 0 spiro atoms. The number of carbonyl (C=O) groups is 1. The second-order valence-electron chi connectivity index (χ2n) is 7.21. The standard InChI is InChI=1S/C22H22ClN3O3/c23-17-5-3-4-16(12-17)22-24-18(14-29-22)13-26-10-8-15(9-11-26)21(28)25-19-6-1-2-7-20(19)27/h1-7,12,14-15,27H,8-11,13H2,(H,25,28). The molecule has 1 saturated heterocycles. The van der Waals surface area contributed by atoms with Crippen molar-refractivity contribution in [3.8, 4) is 17.2 Å². The van der Waals surface area contributed by atoms with Crippen LogP contribution in [0.1, 0.15) is 18.5 Å². The summed E-state index contributed by atoms with van der Waals surface area (Å²) in [5, 5.41) is 13.3. The maximum atomic E-state index is 12.5. The SMILES string of the molecule is O=C(Nc1ccccc1O)C1CCN(Cc2coc(-c3cccc(Cl)c3)n2)CC1. The normalized spacial score (nSPS) is 15.3. The van der Waals surface area contributed by atoms with E-state index in [0.29, 0.717) is 23.1 Å². The number of piperidine rings is 1. The zero-order valence-electron chi connectivity index (χ0n) is 15.8. The Morgan fingerprint density at radius 2 is 2.00 bits per heavy atom. The van der Waals surface area contributed by atoms with Gasteiger partial charge in [-0.1, -0.05) is 29.8 Å². The van der Waals surface area contributed by atoms with Crippen molar-refractivity contribution < 1.29 is 14.3 Å². The number of anilines is 1. The van der Waals surface area contributed by atoms with Gasteiger partial charge in [-0.25, -0.2) is 4.98 Å². The Morgan fingerprint density at radius 1 is 1.21 bits per heavy atom. The molecule has 1 aromatic heterocycles. The Hall–Kier alpha value is -2.83. The molecule has 1 aliphatic rings. The lowest BCUT2D eigenvalue weighted by Gasteiger charge is -2.30. The van der Waals surface area contributed by atoms with Crippen molar-refractivity contribution in [2.24, 2.45) is 5.92 Å². The molecule has 6 nitrogen and oxygen atoms in total. The first-order valence-corrected chi connectivity index (χ1v) is 9.98. The van der Waals surface area contributed by atoms with E-state index >= 15 is 0 Å². The molecule has 2 aromatic carbocycles. The summed E-state index contributed by atoms with van der Waals surface area (Å²) in [6.07, 6.45) is 3.20. The van der Waals surface area contributed by atoms with Crippen LogP contribution in [-0.4, -0.2) is 34.0 Å². The summed E-state index contributed by atoms with van der Waals surface area (Å²) in [5.41, 5.74) is 2.16. The zero-order chi connectivity index (χ0) is 20.2. The Bertz CT molecular complexity index is 996. The lowest BCUT2D eigenvalue weighted by Crippen LogP contribution is -2.37. The van der Waals surface area contributed by atoms with Crippen molar-refractivity contribution in [3.05, 3.63) is 65.5 Å². The van der Waals surface area contributed by atoms with Crippen molar-refractivity contribution in [2.75, 3.05) is 18.4 Å². The molecule has 0 saturated carbocycles.